The predicted octanol–water partition coefficient (Wildman–Crippen LogP) is 1.40. The SMILES string of the molecule is CC1=CC[C@@H]([C@@H](C)[C@H]2CC[C@@]3(C)[C@@H]4CC[C@H]5[C@](C)(C(=O)O)[C@@H](O[C@@H]6O[C@H](CO)[C@@H](O)[C@H](O)[C@H]6O[C@H]6O[C@H](CO)[C@@H](O)[C@H](O)[C@H]6O)CC[C@@]56C[C@@]46CC[C@]23C)OC1=O. The number of carboxylic acids is 1. The lowest BCUT2D eigenvalue weighted by molar-refractivity contribution is -0.377. The summed E-state index contributed by atoms with van der Waals surface area (Å²) in [6, 6.07) is 0. The van der Waals surface area contributed by atoms with Crippen LogP contribution in [-0.4, -0.2) is 140 Å². The molecule has 7 fully saturated rings. The summed E-state index contributed by atoms with van der Waals surface area (Å²) in [5.41, 5.74) is -0.827. The minimum absolute atomic E-state index is 0.000477. The van der Waals surface area contributed by atoms with Crippen molar-refractivity contribution >= 4 is 11.9 Å². The molecule has 0 aromatic heterocycles. The van der Waals surface area contributed by atoms with Crippen LogP contribution in [0.25, 0.3) is 0 Å². The van der Waals surface area contributed by atoms with E-state index < -0.39 is 92.1 Å². The molecule has 0 aromatic carbocycles. The van der Waals surface area contributed by atoms with Crippen molar-refractivity contribution in [2.24, 2.45) is 50.7 Å². The van der Waals surface area contributed by atoms with Crippen molar-refractivity contribution < 1.29 is 74.1 Å². The zero-order chi connectivity index (χ0) is 41.2. The maximum absolute atomic E-state index is 13.7. The highest BCUT2D eigenvalue weighted by Crippen LogP contribution is 2.89. The van der Waals surface area contributed by atoms with Gasteiger partial charge < -0.3 is 64.5 Å². The molecular formula is C42H64O15. The van der Waals surface area contributed by atoms with E-state index in [4.69, 9.17) is 23.7 Å². The highest BCUT2D eigenvalue weighted by Gasteiger charge is 2.83. The van der Waals surface area contributed by atoms with Crippen LogP contribution < -0.4 is 0 Å². The van der Waals surface area contributed by atoms with E-state index in [1.165, 1.54) is 0 Å². The van der Waals surface area contributed by atoms with E-state index in [2.05, 4.69) is 20.8 Å². The Balaban J connectivity index is 1.03. The number of esters is 1. The van der Waals surface area contributed by atoms with Crippen molar-refractivity contribution in [2.45, 2.75) is 172 Å². The molecule has 8 N–H and O–H groups in total. The number of hydrogen-bond donors (Lipinski definition) is 8. The number of cyclic esters (lactones) is 1. The Hall–Kier alpha value is -1.76. The molecule has 15 nitrogen and oxygen atoms in total. The maximum Gasteiger partial charge on any atom is 0.333 e. The second-order valence-electron chi connectivity index (χ2n) is 19.8. The zero-order valence-corrected chi connectivity index (χ0v) is 33.7. The minimum atomic E-state index is -1.83. The zero-order valence-electron chi connectivity index (χ0n) is 33.7. The maximum atomic E-state index is 13.7. The van der Waals surface area contributed by atoms with Crippen LogP contribution in [0.5, 0.6) is 0 Å². The standard InChI is InChI=1S/C42H64O15/c1-19-6-7-22(53-34(19)50)20(2)21-10-12-39(4)25-8-9-26-40(5,37(51)52)27(11-13-41(26)18-42(25,41)15-14-38(21,39)3)56-36-33(31(48)29(46)24(17-44)55-36)57-35-32(49)30(47)28(45)23(16-43)54-35/h6,20-33,35-36,43-49H,7-18H2,1-5H3,(H,51,52)/t20-,21+,22-,23+,24+,25-,26-,27-,28+,29+,30-,31-,32+,33+,35+,36-,38+,39-,40-,41+,42-/m0/s1. The summed E-state index contributed by atoms with van der Waals surface area (Å²) in [6.45, 7) is 9.33. The van der Waals surface area contributed by atoms with E-state index in [0.29, 0.717) is 30.3 Å². The smallest absolute Gasteiger partial charge is 0.333 e. The molecule has 3 aliphatic heterocycles. The normalized spacial score (nSPS) is 55.0. The third-order valence-corrected chi connectivity index (χ3v) is 18.0. The van der Waals surface area contributed by atoms with Gasteiger partial charge in [-0.1, -0.05) is 26.8 Å². The van der Waals surface area contributed by atoms with Crippen LogP contribution in [0, 0.1) is 50.7 Å². The lowest BCUT2D eigenvalue weighted by Crippen LogP contribution is -2.66. The summed E-state index contributed by atoms with van der Waals surface area (Å²) in [4.78, 5) is 26.2. The van der Waals surface area contributed by atoms with E-state index in [0.717, 1.165) is 51.4 Å². The van der Waals surface area contributed by atoms with Crippen LogP contribution in [0.15, 0.2) is 11.6 Å². The van der Waals surface area contributed by atoms with E-state index in [9.17, 15) is 50.4 Å². The molecule has 322 valence electrons. The Bertz CT molecular complexity index is 1610. The number of carbonyl (C=O) groups is 2. The topological polar surface area (TPSA) is 242 Å². The van der Waals surface area contributed by atoms with E-state index in [1.807, 2.05) is 6.08 Å². The fraction of sp³-hybridized carbons (Fsp3) is 0.905. The number of carbonyl (C=O) groups excluding carboxylic acids is 1. The van der Waals surface area contributed by atoms with Crippen LogP contribution in [0.2, 0.25) is 0 Å². The van der Waals surface area contributed by atoms with Crippen molar-refractivity contribution in [1.82, 2.24) is 0 Å². The van der Waals surface area contributed by atoms with Crippen LogP contribution >= 0.6 is 0 Å². The molecule has 0 unspecified atom stereocenters. The number of rotatable bonds is 9. The number of aliphatic hydroxyl groups excluding tert-OH is 7. The van der Waals surface area contributed by atoms with Crippen LogP contribution in [0.1, 0.15) is 98.8 Å². The predicted molar refractivity (Wildman–Crippen MR) is 198 cm³/mol. The Kier molecular flexibility index (Phi) is 10.6. The number of aliphatic hydroxyl groups is 7. The lowest BCUT2D eigenvalue weighted by Gasteiger charge is -2.63. The average molecular weight is 809 g/mol. The molecule has 2 spiro atoms. The van der Waals surface area contributed by atoms with Crippen molar-refractivity contribution in [3.63, 3.8) is 0 Å². The first-order valence-electron chi connectivity index (χ1n) is 21.2. The summed E-state index contributed by atoms with van der Waals surface area (Å²) in [7, 11) is 0. The fourth-order valence-corrected chi connectivity index (χ4v) is 14.5. The molecule has 8 rings (SSSR count). The molecule has 15 heteroatoms. The highest BCUT2D eigenvalue weighted by atomic mass is 16.8. The molecular weight excluding hydrogens is 744 g/mol. The Labute approximate surface area is 333 Å². The summed E-state index contributed by atoms with van der Waals surface area (Å²) < 4.78 is 29.9. The van der Waals surface area contributed by atoms with Gasteiger partial charge in [-0.3, -0.25) is 4.79 Å². The van der Waals surface area contributed by atoms with Gasteiger partial charge in [0.1, 0.15) is 54.9 Å². The molecule has 0 aromatic rings. The summed E-state index contributed by atoms with van der Waals surface area (Å²) in [5, 5.41) is 84.5. The Morgan fingerprint density at radius 3 is 2.07 bits per heavy atom. The second kappa shape index (κ2) is 14.4. The molecule has 5 saturated carbocycles. The minimum Gasteiger partial charge on any atom is -0.481 e. The Morgan fingerprint density at radius 1 is 0.789 bits per heavy atom. The summed E-state index contributed by atoms with van der Waals surface area (Å²) in [6.07, 6.45) is -6.63. The third kappa shape index (κ3) is 5.84. The molecule has 5 aliphatic carbocycles. The van der Waals surface area contributed by atoms with E-state index in [1.54, 1.807) is 13.8 Å². The van der Waals surface area contributed by atoms with Crippen LogP contribution in [-0.2, 0) is 33.3 Å². The molecule has 57 heavy (non-hydrogen) atoms. The van der Waals surface area contributed by atoms with Crippen LogP contribution in [0.3, 0.4) is 0 Å². The molecule has 0 bridgehead atoms. The number of ether oxygens (including phenoxy) is 5. The van der Waals surface area contributed by atoms with Gasteiger partial charge in [0.05, 0.1) is 24.7 Å². The second-order valence-corrected chi connectivity index (χ2v) is 19.8. The molecule has 0 amide bonds. The largest absolute Gasteiger partial charge is 0.481 e. The lowest BCUT2D eigenvalue weighted by atomic mass is 9.41. The van der Waals surface area contributed by atoms with Crippen molar-refractivity contribution in [3.8, 4) is 0 Å². The molecule has 8 aliphatic rings. The summed E-state index contributed by atoms with van der Waals surface area (Å²) in [5.74, 6) is -0.423. The van der Waals surface area contributed by atoms with E-state index >= 15 is 0 Å². The highest BCUT2D eigenvalue weighted by molar-refractivity contribution is 5.88. The van der Waals surface area contributed by atoms with Crippen molar-refractivity contribution in [1.29, 1.82) is 0 Å². The number of carboxylic acid groups (broad SMARTS) is 1. The molecule has 3 heterocycles. The van der Waals surface area contributed by atoms with Crippen molar-refractivity contribution in [3.05, 3.63) is 11.6 Å². The van der Waals surface area contributed by atoms with Gasteiger partial charge in [-0.2, -0.15) is 0 Å². The van der Waals surface area contributed by atoms with Gasteiger partial charge in [0, 0.05) is 12.0 Å². The summed E-state index contributed by atoms with van der Waals surface area (Å²) >= 11 is 0. The first-order chi connectivity index (χ1) is 26.8. The quantitative estimate of drug-likeness (QED) is 0.121. The first kappa shape index (κ1) is 42.0. The monoisotopic (exact) mass is 808 g/mol. The van der Waals surface area contributed by atoms with Gasteiger partial charge in [0.2, 0.25) is 0 Å². The first-order valence-corrected chi connectivity index (χ1v) is 21.2. The Morgan fingerprint density at radius 2 is 1.42 bits per heavy atom. The van der Waals surface area contributed by atoms with Gasteiger partial charge >= 0.3 is 11.9 Å². The van der Waals surface area contributed by atoms with Gasteiger partial charge in [0.15, 0.2) is 12.6 Å². The third-order valence-electron chi connectivity index (χ3n) is 18.0. The van der Waals surface area contributed by atoms with Crippen molar-refractivity contribution in [2.75, 3.05) is 13.2 Å². The van der Waals surface area contributed by atoms with Gasteiger partial charge in [0.25, 0.3) is 0 Å². The number of fused-ring (bicyclic) bond motifs is 2. The molecule has 0 radical (unpaired) electrons. The van der Waals surface area contributed by atoms with Gasteiger partial charge in [-0.25, -0.2) is 4.79 Å². The average Bonchev–Trinajstić information content (AvgIpc) is 3.77. The molecule has 21 atom stereocenters. The van der Waals surface area contributed by atoms with E-state index in [-0.39, 0.29) is 45.6 Å². The fourth-order valence-electron chi connectivity index (χ4n) is 14.5. The number of hydrogen-bond acceptors (Lipinski definition) is 14. The van der Waals surface area contributed by atoms with Gasteiger partial charge in [-0.05, 0) is 117 Å². The number of aliphatic carboxylic acids is 1. The molecule has 2 saturated heterocycles. The van der Waals surface area contributed by atoms with Gasteiger partial charge in [-0.15, -0.1) is 0 Å². The van der Waals surface area contributed by atoms with Crippen LogP contribution in [0.4, 0.5) is 0 Å².